The molecule has 0 bridgehead atoms. The van der Waals surface area contributed by atoms with Gasteiger partial charge in [-0.15, -0.1) is 11.3 Å². The highest BCUT2D eigenvalue weighted by Gasteiger charge is 2.17. The van der Waals surface area contributed by atoms with Crippen molar-refractivity contribution < 1.29 is 9.53 Å². The van der Waals surface area contributed by atoms with Crippen molar-refractivity contribution >= 4 is 44.9 Å². The van der Waals surface area contributed by atoms with Gasteiger partial charge in [-0.1, -0.05) is 50.7 Å². The van der Waals surface area contributed by atoms with Gasteiger partial charge in [-0.2, -0.15) is 0 Å². The minimum atomic E-state index is -0.0707. The van der Waals surface area contributed by atoms with Crippen molar-refractivity contribution in [3.63, 3.8) is 0 Å². The second-order valence-electron chi connectivity index (χ2n) is 6.95. The molecular weight excluding hydrogens is 364 g/mol. The number of rotatable bonds is 5. The zero-order valence-electron chi connectivity index (χ0n) is 15.3. The molecule has 0 aliphatic rings. The van der Waals surface area contributed by atoms with Crippen molar-refractivity contribution in [2.24, 2.45) is 0 Å². The average molecular weight is 387 g/mol. The second kappa shape index (κ2) is 7.68. The van der Waals surface area contributed by atoms with E-state index in [0.717, 1.165) is 20.1 Å². The number of para-hydroxylation sites is 1. The number of carbonyl (C=O) groups excluding carboxylic acids is 1. The lowest BCUT2D eigenvalue weighted by Crippen LogP contribution is -2.16. The van der Waals surface area contributed by atoms with E-state index in [1.807, 2.05) is 42.5 Å². The number of benzene rings is 2. The Morgan fingerprint density at radius 1 is 1.23 bits per heavy atom. The Kier molecular flexibility index (Phi) is 5.53. The number of hydrogen-bond acceptors (Lipinski definition) is 5. The fraction of sp³-hybridized carbons (Fsp3) is 0.300. The first-order chi connectivity index (χ1) is 12.4. The number of nitrogens with one attached hydrogen (secondary N) is 1. The van der Waals surface area contributed by atoms with Crippen LogP contribution in [0.4, 0.5) is 5.69 Å². The molecule has 1 heterocycles. The molecule has 0 radical (unpaired) electrons. The monoisotopic (exact) mass is 386 g/mol. The zero-order valence-corrected chi connectivity index (χ0v) is 17.0. The van der Waals surface area contributed by atoms with Crippen LogP contribution in [0.25, 0.3) is 10.2 Å². The van der Waals surface area contributed by atoms with Gasteiger partial charge in [0.1, 0.15) is 5.75 Å². The smallest absolute Gasteiger partial charge is 0.234 e. The van der Waals surface area contributed by atoms with Gasteiger partial charge in [-0.25, -0.2) is 4.98 Å². The number of anilines is 1. The number of fused-ring (bicyclic) bond motifs is 1. The average Bonchev–Trinajstić information content (AvgIpc) is 3.02. The van der Waals surface area contributed by atoms with Crippen LogP contribution < -0.4 is 10.1 Å². The number of aromatic nitrogens is 1. The first-order valence-electron chi connectivity index (χ1n) is 8.33. The molecule has 0 aliphatic carbocycles. The molecule has 6 heteroatoms. The van der Waals surface area contributed by atoms with Crippen LogP contribution in [0.15, 0.2) is 46.8 Å². The molecule has 0 saturated carbocycles. The lowest BCUT2D eigenvalue weighted by Gasteiger charge is -2.21. The van der Waals surface area contributed by atoms with Crippen molar-refractivity contribution in [3.05, 3.63) is 48.0 Å². The maximum atomic E-state index is 12.4. The molecule has 0 spiro atoms. The first-order valence-corrected chi connectivity index (χ1v) is 10.1. The minimum absolute atomic E-state index is 0.00148. The number of carbonyl (C=O) groups is 1. The summed E-state index contributed by atoms with van der Waals surface area (Å²) in [5.41, 5.74) is 2.82. The van der Waals surface area contributed by atoms with Gasteiger partial charge >= 0.3 is 0 Å². The molecule has 0 aliphatic heterocycles. The standard InChI is InChI=1S/C20H22N2O2S2/c1-20(2,3)13-9-10-16(24-4)15(11-13)21-18(23)12-25-19-22-14-7-5-6-8-17(14)26-19/h5-11H,12H2,1-4H3,(H,21,23). The van der Waals surface area contributed by atoms with Crippen molar-refractivity contribution in [2.45, 2.75) is 30.5 Å². The van der Waals surface area contributed by atoms with E-state index in [-0.39, 0.29) is 11.3 Å². The van der Waals surface area contributed by atoms with E-state index >= 15 is 0 Å². The second-order valence-corrected chi connectivity index (χ2v) is 9.20. The predicted octanol–water partition coefficient (Wildman–Crippen LogP) is 5.33. The summed E-state index contributed by atoms with van der Waals surface area (Å²) in [6, 6.07) is 13.9. The number of thioether (sulfide) groups is 1. The van der Waals surface area contributed by atoms with Gasteiger partial charge in [-0.3, -0.25) is 4.79 Å². The summed E-state index contributed by atoms with van der Waals surface area (Å²) < 4.78 is 7.42. The van der Waals surface area contributed by atoms with Crippen LogP contribution >= 0.6 is 23.1 Å². The molecule has 0 atom stereocenters. The molecule has 0 fully saturated rings. The highest BCUT2D eigenvalue weighted by atomic mass is 32.2. The number of thiazole rings is 1. The number of nitrogens with zero attached hydrogens (tertiary/aromatic N) is 1. The van der Waals surface area contributed by atoms with Crippen molar-refractivity contribution in [1.82, 2.24) is 4.98 Å². The van der Waals surface area contributed by atoms with Gasteiger partial charge in [0.05, 0.1) is 28.8 Å². The SMILES string of the molecule is COc1ccc(C(C)(C)C)cc1NC(=O)CSc1nc2ccccc2s1. The first kappa shape index (κ1) is 18.7. The maximum absolute atomic E-state index is 12.4. The van der Waals surface area contributed by atoms with Crippen LogP contribution in [0.5, 0.6) is 5.75 Å². The van der Waals surface area contributed by atoms with Gasteiger partial charge in [0, 0.05) is 0 Å². The minimum Gasteiger partial charge on any atom is -0.495 e. The van der Waals surface area contributed by atoms with Crippen LogP contribution in [-0.4, -0.2) is 23.8 Å². The van der Waals surface area contributed by atoms with Gasteiger partial charge in [-0.05, 0) is 35.2 Å². The Bertz CT molecular complexity index is 896. The molecule has 1 amide bonds. The van der Waals surface area contributed by atoms with Crippen LogP contribution in [0, 0.1) is 0 Å². The zero-order chi connectivity index (χ0) is 18.7. The third-order valence-corrected chi connectivity index (χ3v) is 6.12. The molecule has 0 unspecified atom stereocenters. The van der Waals surface area contributed by atoms with Gasteiger partial charge in [0.25, 0.3) is 0 Å². The van der Waals surface area contributed by atoms with Crippen molar-refractivity contribution in [3.8, 4) is 5.75 Å². The molecule has 1 aromatic heterocycles. The van der Waals surface area contributed by atoms with E-state index in [9.17, 15) is 4.79 Å². The van der Waals surface area contributed by atoms with E-state index in [4.69, 9.17) is 4.74 Å². The van der Waals surface area contributed by atoms with Crippen molar-refractivity contribution in [2.75, 3.05) is 18.2 Å². The number of hydrogen-bond donors (Lipinski definition) is 1. The number of amides is 1. The van der Waals surface area contributed by atoms with E-state index in [2.05, 4.69) is 31.1 Å². The summed E-state index contributed by atoms with van der Waals surface area (Å²) in [5, 5.41) is 2.97. The number of ether oxygens (including phenoxy) is 1. The summed E-state index contributed by atoms with van der Waals surface area (Å²) in [5.74, 6) is 0.901. The molecule has 136 valence electrons. The quantitative estimate of drug-likeness (QED) is 0.602. The third-order valence-electron chi connectivity index (χ3n) is 3.94. The van der Waals surface area contributed by atoms with Crippen LogP contribution in [0.1, 0.15) is 26.3 Å². The summed E-state index contributed by atoms with van der Waals surface area (Å²) in [4.78, 5) is 17.0. The largest absolute Gasteiger partial charge is 0.495 e. The van der Waals surface area contributed by atoms with E-state index < -0.39 is 0 Å². The Morgan fingerprint density at radius 2 is 2.00 bits per heavy atom. The molecule has 3 aromatic rings. The predicted molar refractivity (Wildman–Crippen MR) is 111 cm³/mol. The fourth-order valence-corrected chi connectivity index (χ4v) is 4.37. The molecule has 26 heavy (non-hydrogen) atoms. The molecular formula is C20H22N2O2S2. The van der Waals surface area contributed by atoms with E-state index in [1.165, 1.54) is 11.8 Å². The van der Waals surface area contributed by atoms with E-state index in [1.54, 1.807) is 18.4 Å². The number of methoxy groups -OCH3 is 1. The molecule has 0 saturated heterocycles. The van der Waals surface area contributed by atoms with Crippen molar-refractivity contribution in [1.29, 1.82) is 0 Å². The molecule has 3 rings (SSSR count). The topological polar surface area (TPSA) is 51.2 Å². The Balaban J connectivity index is 1.69. The molecule has 1 N–H and O–H groups in total. The maximum Gasteiger partial charge on any atom is 0.234 e. The van der Waals surface area contributed by atoms with Gasteiger partial charge in [0.15, 0.2) is 4.34 Å². The lowest BCUT2D eigenvalue weighted by atomic mass is 9.87. The van der Waals surface area contributed by atoms with Gasteiger partial charge < -0.3 is 10.1 Å². The summed E-state index contributed by atoms with van der Waals surface area (Å²) in [6.07, 6.45) is 0. The van der Waals surface area contributed by atoms with Gasteiger partial charge in [0.2, 0.25) is 5.91 Å². The van der Waals surface area contributed by atoms with Crippen LogP contribution in [-0.2, 0) is 10.2 Å². The highest BCUT2D eigenvalue weighted by Crippen LogP contribution is 2.32. The normalized spacial score (nSPS) is 11.5. The summed E-state index contributed by atoms with van der Waals surface area (Å²) >= 11 is 3.06. The summed E-state index contributed by atoms with van der Waals surface area (Å²) in [6.45, 7) is 6.43. The van der Waals surface area contributed by atoms with E-state index in [0.29, 0.717) is 17.2 Å². The fourth-order valence-electron chi connectivity index (χ4n) is 2.50. The lowest BCUT2D eigenvalue weighted by molar-refractivity contribution is -0.113. The molecule has 2 aromatic carbocycles. The highest BCUT2D eigenvalue weighted by molar-refractivity contribution is 8.01. The van der Waals surface area contributed by atoms with Crippen LogP contribution in [0.3, 0.4) is 0 Å². The Hall–Kier alpha value is -2.05. The third kappa shape index (κ3) is 4.37. The summed E-state index contributed by atoms with van der Waals surface area (Å²) in [7, 11) is 1.61. The van der Waals surface area contributed by atoms with Crippen LogP contribution in [0.2, 0.25) is 0 Å². The Labute approximate surface area is 162 Å². The molecule has 4 nitrogen and oxygen atoms in total. The Morgan fingerprint density at radius 3 is 2.69 bits per heavy atom.